The van der Waals surface area contributed by atoms with Crippen LogP contribution < -0.4 is 0 Å². The number of carbonyl (C=O) groups is 2. The summed E-state index contributed by atoms with van der Waals surface area (Å²) in [4.78, 5) is 26.8. The monoisotopic (exact) mass is 359 g/mol. The highest BCUT2D eigenvalue weighted by molar-refractivity contribution is 5.86. The second-order valence-electron chi connectivity index (χ2n) is 8.42. The van der Waals surface area contributed by atoms with Crippen molar-refractivity contribution < 1.29 is 19.1 Å². The zero-order valence-corrected chi connectivity index (χ0v) is 16.1. The number of hydrogen-bond acceptors (Lipinski definition) is 4. The van der Waals surface area contributed by atoms with Crippen molar-refractivity contribution in [1.29, 1.82) is 0 Å². The molecule has 5 nitrogen and oxygen atoms in total. The van der Waals surface area contributed by atoms with Gasteiger partial charge in [0.2, 0.25) is 0 Å². The van der Waals surface area contributed by atoms with E-state index in [1.165, 1.54) is 0 Å². The van der Waals surface area contributed by atoms with E-state index in [1.54, 1.807) is 11.8 Å². The van der Waals surface area contributed by atoms with E-state index < -0.39 is 11.7 Å². The first kappa shape index (κ1) is 18.9. The molecule has 4 atom stereocenters. The minimum absolute atomic E-state index is 0.0343. The van der Waals surface area contributed by atoms with Crippen LogP contribution in [-0.2, 0) is 20.9 Å². The van der Waals surface area contributed by atoms with E-state index in [0.29, 0.717) is 6.61 Å². The molecule has 3 fully saturated rings. The number of ether oxygens (including phenoxy) is 2. The molecule has 4 rings (SSSR count). The average molecular weight is 359 g/mol. The quantitative estimate of drug-likeness (QED) is 0.817. The van der Waals surface area contributed by atoms with Gasteiger partial charge >= 0.3 is 6.09 Å². The van der Waals surface area contributed by atoms with E-state index in [0.717, 1.165) is 24.8 Å². The zero-order chi connectivity index (χ0) is 18.9. The van der Waals surface area contributed by atoms with Crippen LogP contribution in [0.5, 0.6) is 0 Å². The molecule has 0 unspecified atom stereocenters. The number of Topliss-reactive ketones (excluding diaryl/α,β-unsaturated/α-hetero) is 1. The van der Waals surface area contributed by atoms with Crippen molar-refractivity contribution in [3.63, 3.8) is 0 Å². The molecule has 0 spiro atoms. The summed E-state index contributed by atoms with van der Waals surface area (Å²) in [7, 11) is 0. The summed E-state index contributed by atoms with van der Waals surface area (Å²) in [5.41, 5.74) is 0.524. The summed E-state index contributed by atoms with van der Waals surface area (Å²) in [6, 6.07) is 9.53. The number of amides is 1. The van der Waals surface area contributed by atoms with Crippen LogP contribution >= 0.6 is 0 Å². The minimum Gasteiger partial charge on any atom is -0.444 e. The molecular weight excluding hydrogens is 330 g/mol. The van der Waals surface area contributed by atoms with Gasteiger partial charge in [-0.1, -0.05) is 30.3 Å². The Morgan fingerprint density at radius 2 is 1.85 bits per heavy atom. The Balaban J connectivity index is 1.76. The molecule has 1 aliphatic carbocycles. The molecule has 0 N–H and O–H groups in total. The molecule has 5 heteroatoms. The summed E-state index contributed by atoms with van der Waals surface area (Å²) in [5.74, 6) is 0.179. The summed E-state index contributed by atoms with van der Waals surface area (Å²) >= 11 is 0. The lowest BCUT2D eigenvalue weighted by atomic mass is 9.72. The van der Waals surface area contributed by atoms with Crippen LogP contribution in [0.15, 0.2) is 30.3 Å². The van der Waals surface area contributed by atoms with Crippen molar-refractivity contribution in [2.75, 3.05) is 0 Å². The molecule has 26 heavy (non-hydrogen) atoms. The number of fused-ring (bicyclic) bond motifs is 3. The highest BCUT2D eigenvalue weighted by atomic mass is 16.6. The van der Waals surface area contributed by atoms with Crippen molar-refractivity contribution >= 4 is 11.9 Å². The fraction of sp³-hybridized carbons (Fsp3) is 0.619. The number of piperidine rings is 2. The van der Waals surface area contributed by atoms with Crippen LogP contribution in [0.3, 0.4) is 0 Å². The number of nitrogens with zero attached hydrogens (tertiary/aromatic N) is 1. The van der Waals surface area contributed by atoms with Gasteiger partial charge in [-0.05, 0) is 58.4 Å². The van der Waals surface area contributed by atoms with E-state index in [2.05, 4.69) is 0 Å². The van der Waals surface area contributed by atoms with Crippen molar-refractivity contribution in [1.82, 2.24) is 4.90 Å². The van der Waals surface area contributed by atoms with Gasteiger partial charge in [-0.25, -0.2) is 4.79 Å². The first-order valence-corrected chi connectivity index (χ1v) is 9.43. The predicted molar refractivity (Wildman–Crippen MR) is 98.7 cm³/mol. The van der Waals surface area contributed by atoms with Crippen LogP contribution in [0.1, 0.15) is 52.5 Å². The Kier molecular flexibility index (Phi) is 5.37. The van der Waals surface area contributed by atoms with Crippen molar-refractivity contribution in [2.24, 2.45) is 5.92 Å². The zero-order valence-electron chi connectivity index (χ0n) is 16.1. The van der Waals surface area contributed by atoms with E-state index in [4.69, 9.17) is 9.47 Å². The predicted octanol–water partition coefficient (Wildman–Crippen LogP) is 3.95. The SMILES string of the molecule is CC(=O)[C@@H]1[C@@H]2CC[C@@H]([C@@H](OCc3ccccc3)C2)N1C(=O)OC(C)(C)C. The molecular formula is C21H29NO4. The highest BCUT2D eigenvalue weighted by Gasteiger charge is 2.52. The van der Waals surface area contributed by atoms with Gasteiger partial charge in [0.15, 0.2) is 5.78 Å². The number of carbonyl (C=O) groups excluding carboxylic acids is 2. The molecule has 1 saturated carbocycles. The van der Waals surface area contributed by atoms with E-state index in [9.17, 15) is 9.59 Å². The lowest BCUT2D eigenvalue weighted by Gasteiger charge is -2.53. The topological polar surface area (TPSA) is 55.8 Å². The van der Waals surface area contributed by atoms with Crippen molar-refractivity contribution in [3.8, 4) is 0 Å². The smallest absolute Gasteiger partial charge is 0.411 e. The van der Waals surface area contributed by atoms with Crippen LogP contribution in [-0.4, -0.2) is 40.6 Å². The molecule has 142 valence electrons. The summed E-state index contributed by atoms with van der Waals surface area (Å²) in [6.07, 6.45) is 2.17. The van der Waals surface area contributed by atoms with E-state index >= 15 is 0 Å². The Morgan fingerprint density at radius 3 is 2.46 bits per heavy atom. The normalized spacial score (nSPS) is 28.1. The molecule has 1 aromatic rings. The maximum atomic E-state index is 12.8. The standard InChI is InChI=1S/C21H29NO4/c1-14(23)19-16-10-11-17(22(19)20(24)26-21(2,3)4)18(12-16)25-13-15-8-6-5-7-9-15/h5-9,16-19H,10-13H2,1-4H3/t16-,17+,18+,19-/m1/s1. The Labute approximate surface area is 155 Å². The van der Waals surface area contributed by atoms with Gasteiger partial charge in [0.25, 0.3) is 0 Å². The van der Waals surface area contributed by atoms with E-state index in [1.807, 2.05) is 51.1 Å². The maximum absolute atomic E-state index is 12.8. The van der Waals surface area contributed by atoms with Gasteiger partial charge in [-0.3, -0.25) is 9.69 Å². The number of ketones is 1. The summed E-state index contributed by atoms with van der Waals surface area (Å²) in [6.45, 7) is 7.63. The third-order valence-corrected chi connectivity index (χ3v) is 5.23. The fourth-order valence-electron chi connectivity index (χ4n) is 4.23. The van der Waals surface area contributed by atoms with Crippen molar-refractivity contribution in [2.45, 2.75) is 77.4 Å². The maximum Gasteiger partial charge on any atom is 0.411 e. The van der Waals surface area contributed by atoms with Gasteiger partial charge in [-0.15, -0.1) is 0 Å². The highest BCUT2D eigenvalue weighted by Crippen LogP contribution is 2.42. The molecule has 2 bridgehead atoms. The minimum atomic E-state index is -0.588. The molecule has 0 aromatic heterocycles. The van der Waals surface area contributed by atoms with E-state index in [-0.39, 0.29) is 29.9 Å². The molecule has 1 aromatic carbocycles. The van der Waals surface area contributed by atoms with Gasteiger partial charge in [0.05, 0.1) is 24.8 Å². The van der Waals surface area contributed by atoms with Crippen LogP contribution in [0, 0.1) is 5.92 Å². The lowest BCUT2D eigenvalue weighted by Crippen LogP contribution is -2.65. The second-order valence-corrected chi connectivity index (χ2v) is 8.42. The van der Waals surface area contributed by atoms with Crippen LogP contribution in [0.4, 0.5) is 4.79 Å². The second kappa shape index (κ2) is 7.39. The molecule has 3 aliphatic rings. The summed E-state index contributed by atoms with van der Waals surface area (Å²) in [5, 5.41) is 0. The Morgan fingerprint density at radius 1 is 1.15 bits per heavy atom. The van der Waals surface area contributed by atoms with Crippen molar-refractivity contribution in [3.05, 3.63) is 35.9 Å². The van der Waals surface area contributed by atoms with Gasteiger partial charge in [-0.2, -0.15) is 0 Å². The Hall–Kier alpha value is -1.88. The third-order valence-electron chi connectivity index (χ3n) is 5.23. The third kappa shape index (κ3) is 4.09. The first-order valence-electron chi connectivity index (χ1n) is 9.43. The molecule has 0 radical (unpaired) electrons. The number of rotatable bonds is 4. The molecule has 1 amide bonds. The summed E-state index contributed by atoms with van der Waals surface area (Å²) < 4.78 is 11.8. The Bertz CT molecular complexity index is 652. The van der Waals surface area contributed by atoms with Gasteiger partial charge < -0.3 is 9.47 Å². The molecule has 2 aliphatic heterocycles. The largest absolute Gasteiger partial charge is 0.444 e. The van der Waals surface area contributed by atoms with Crippen LogP contribution in [0.2, 0.25) is 0 Å². The molecule has 2 saturated heterocycles. The number of hydrogen-bond donors (Lipinski definition) is 0. The number of benzene rings is 1. The first-order chi connectivity index (χ1) is 12.3. The average Bonchev–Trinajstić information content (AvgIpc) is 2.59. The van der Waals surface area contributed by atoms with Gasteiger partial charge in [0, 0.05) is 0 Å². The molecule has 2 heterocycles. The fourth-order valence-corrected chi connectivity index (χ4v) is 4.23. The lowest BCUT2D eigenvalue weighted by molar-refractivity contribution is -0.146. The van der Waals surface area contributed by atoms with Gasteiger partial charge in [0.1, 0.15) is 5.60 Å². The van der Waals surface area contributed by atoms with Crippen LogP contribution in [0.25, 0.3) is 0 Å².